The Bertz CT molecular complexity index is 1360. The third-order valence-electron chi connectivity index (χ3n) is 6.39. The molecule has 0 saturated heterocycles. The Morgan fingerprint density at radius 2 is 1.83 bits per heavy atom. The number of hydrogen-bond acceptors (Lipinski definition) is 5. The van der Waals surface area contributed by atoms with Crippen LogP contribution in [0.5, 0.6) is 17.2 Å². The van der Waals surface area contributed by atoms with Crippen LogP contribution < -0.4 is 19.5 Å². The van der Waals surface area contributed by atoms with Gasteiger partial charge in [0.25, 0.3) is 0 Å². The summed E-state index contributed by atoms with van der Waals surface area (Å²) in [7, 11) is 5.00. The van der Waals surface area contributed by atoms with Gasteiger partial charge in [0.2, 0.25) is 0 Å². The van der Waals surface area contributed by atoms with Crippen LogP contribution in [0.15, 0.2) is 60.7 Å². The van der Waals surface area contributed by atoms with Crippen LogP contribution in [0.1, 0.15) is 43.6 Å². The molecule has 180 valence electrons. The highest BCUT2D eigenvalue weighted by Crippen LogP contribution is 2.53. The van der Waals surface area contributed by atoms with Crippen LogP contribution in [-0.4, -0.2) is 37.7 Å². The van der Waals surface area contributed by atoms with Gasteiger partial charge in [0.15, 0.2) is 6.10 Å². The van der Waals surface area contributed by atoms with E-state index in [0.29, 0.717) is 5.75 Å². The zero-order chi connectivity index (χ0) is 24.9. The van der Waals surface area contributed by atoms with Crippen molar-refractivity contribution in [2.75, 3.05) is 26.5 Å². The van der Waals surface area contributed by atoms with E-state index in [9.17, 15) is 4.79 Å². The van der Waals surface area contributed by atoms with Gasteiger partial charge in [-0.2, -0.15) is 0 Å². The standard InChI is InChI=1S/C29H30N2O4/c1-17-16-29(2,3)30-21-14-13-20-25-22(33-6)11-8-12-23(25)35-27(26(20)24(17)21)18-9-7-10-19(15-18)34-28(32)31(4)5/h7-16,27,30H,1-6H3. The van der Waals surface area contributed by atoms with E-state index < -0.39 is 12.2 Å². The first-order valence-electron chi connectivity index (χ1n) is 11.7. The molecular weight excluding hydrogens is 440 g/mol. The maximum Gasteiger partial charge on any atom is 0.414 e. The predicted molar refractivity (Wildman–Crippen MR) is 138 cm³/mol. The van der Waals surface area contributed by atoms with Gasteiger partial charge in [0.05, 0.1) is 18.2 Å². The number of fused-ring (bicyclic) bond motifs is 5. The number of anilines is 1. The predicted octanol–water partition coefficient (Wildman–Crippen LogP) is 6.51. The number of methoxy groups -OCH3 is 1. The molecule has 1 amide bonds. The van der Waals surface area contributed by atoms with Crippen molar-refractivity contribution in [3.8, 4) is 28.4 Å². The third-order valence-corrected chi connectivity index (χ3v) is 6.39. The molecule has 1 unspecified atom stereocenters. The summed E-state index contributed by atoms with van der Waals surface area (Å²) >= 11 is 0. The van der Waals surface area contributed by atoms with Gasteiger partial charge >= 0.3 is 6.09 Å². The summed E-state index contributed by atoms with van der Waals surface area (Å²) in [5.41, 5.74) is 7.18. The van der Waals surface area contributed by atoms with Crippen molar-refractivity contribution >= 4 is 17.4 Å². The fraction of sp³-hybridized carbons (Fsp3) is 0.276. The number of ether oxygens (including phenoxy) is 3. The molecule has 5 rings (SSSR count). The lowest BCUT2D eigenvalue weighted by Crippen LogP contribution is -2.32. The van der Waals surface area contributed by atoms with E-state index in [1.165, 1.54) is 10.5 Å². The molecule has 3 aromatic carbocycles. The fourth-order valence-corrected chi connectivity index (χ4v) is 5.03. The maximum absolute atomic E-state index is 12.2. The molecule has 0 fully saturated rings. The average molecular weight is 471 g/mol. The van der Waals surface area contributed by atoms with Crippen LogP contribution in [-0.2, 0) is 0 Å². The van der Waals surface area contributed by atoms with Crippen LogP contribution in [0, 0.1) is 0 Å². The maximum atomic E-state index is 12.2. The monoisotopic (exact) mass is 470 g/mol. The third kappa shape index (κ3) is 3.99. The molecule has 0 aliphatic carbocycles. The number of benzene rings is 3. The van der Waals surface area contributed by atoms with E-state index in [4.69, 9.17) is 14.2 Å². The quantitative estimate of drug-likeness (QED) is 0.473. The Morgan fingerprint density at radius 1 is 1.06 bits per heavy atom. The van der Waals surface area contributed by atoms with Crippen LogP contribution in [0.4, 0.5) is 10.5 Å². The number of nitrogens with one attached hydrogen (secondary N) is 1. The molecular formula is C29H30N2O4. The molecule has 0 saturated carbocycles. The highest BCUT2D eigenvalue weighted by atomic mass is 16.6. The number of nitrogens with zero attached hydrogens (tertiary/aromatic N) is 1. The van der Waals surface area contributed by atoms with Crippen molar-refractivity contribution in [3.63, 3.8) is 0 Å². The van der Waals surface area contributed by atoms with E-state index in [1.807, 2.05) is 36.4 Å². The van der Waals surface area contributed by atoms with Gasteiger partial charge in [-0.05, 0) is 62.2 Å². The van der Waals surface area contributed by atoms with Crippen molar-refractivity contribution in [2.24, 2.45) is 0 Å². The highest BCUT2D eigenvalue weighted by molar-refractivity contribution is 5.91. The minimum atomic E-state index is -0.426. The molecule has 2 heterocycles. The molecule has 3 aromatic rings. The van der Waals surface area contributed by atoms with Gasteiger partial charge in [-0.1, -0.05) is 30.3 Å². The molecule has 1 N–H and O–H groups in total. The summed E-state index contributed by atoms with van der Waals surface area (Å²) in [6.45, 7) is 6.47. The van der Waals surface area contributed by atoms with Crippen LogP contribution in [0.2, 0.25) is 0 Å². The summed E-state index contributed by atoms with van der Waals surface area (Å²) in [6.07, 6.45) is 1.42. The molecule has 0 radical (unpaired) electrons. The van der Waals surface area contributed by atoms with Crippen molar-refractivity contribution < 1.29 is 19.0 Å². The highest BCUT2D eigenvalue weighted by Gasteiger charge is 2.35. The fourth-order valence-electron chi connectivity index (χ4n) is 5.03. The van der Waals surface area contributed by atoms with Crippen molar-refractivity contribution in [1.82, 2.24) is 4.90 Å². The SMILES string of the molecule is COc1cccc2c1-c1ccc3c(c1C(c1cccc(OC(=O)N(C)C)c1)O2)C(C)=CC(C)(C)N3. The molecule has 0 bridgehead atoms. The number of rotatable bonds is 3. The Kier molecular flexibility index (Phi) is 5.47. The first-order chi connectivity index (χ1) is 16.7. The first kappa shape index (κ1) is 22.8. The van der Waals surface area contributed by atoms with Gasteiger partial charge in [-0.25, -0.2) is 4.79 Å². The molecule has 1 atom stereocenters. The Morgan fingerprint density at radius 3 is 2.57 bits per heavy atom. The number of carbonyl (C=O) groups excluding carboxylic acids is 1. The van der Waals surface area contributed by atoms with E-state index in [1.54, 1.807) is 27.3 Å². The summed E-state index contributed by atoms with van der Waals surface area (Å²) in [5, 5.41) is 3.65. The van der Waals surface area contributed by atoms with Crippen LogP contribution in [0.25, 0.3) is 16.7 Å². The molecule has 0 aromatic heterocycles. The largest absolute Gasteiger partial charge is 0.496 e. The lowest BCUT2D eigenvalue weighted by atomic mass is 9.80. The number of amides is 1. The summed E-state index contributed by atoms with van der Waals surface area (Å²) < 4.78 is 18.0. The molecule has 35 heavy (non-hydrogen) atoms. The molecule has 6 heteroatoms. The van der Waals surface area contributed by atoms with Crippen molar-refractivity contribution in [1.29, 1.82) is 0 Å². The molecule has 2 aliphatic rings. The van der Waals surface area contributed by atoms with E-state index in [2.05, 4.69) is 44.3 Å². The van der Waals surface area contributed by atoms with E-state index >= 15 is 0 Å². The van der Waals surface area contributed by atoms with Crippen LogP contribution in [0.3, 0.4) is 0 Å². The number of hydrogen-bond donors (Lipinski definition) is 1. The van der Waals surface area contributed by atoms with Gasteiger partial charge in [0, 0.05) is 36.5 Å². The van der Waals surface area contributed by atoms with Gasteiger partial charge < -0.3 is 24.4 Å². The zero-order valence-electron chi connectivity index (χ0n) is 20.9. The second-order valence-corrected chi connectivity index (χ2v) is 9.79. The van der Waals surface area contributed by atoms with Crippen molar-refractivity contribution in [3.05, 3.63) is 77.4 Å². The van der Waals surface area contributed by atoms with E-state index in [0.717, 1.165) is 45.0 Å². The number of allylic oxidation sites excluding steroid dienone is 1. The lowest BCUT2D eigenvalue weighted by Gasteiger charge is -2.37. The normalized spacial score (nSPS) is 17.0. The summed E-state index contributed by atoms with van der Waals surface area (Å²) in [5.74, 6) is 1.99. The van der Waals surface area contributed by atoms with Gasteiger partial charge in [-0.3, -0.25) is 0 Å². The Balaban J connectivity index is 1.72. The van der Waals surface area contributed by atoms with Crippen LogP contribution >= 0.6 is 0 Å². The lowest BCUT2D eigenvalue weighted by molar-refractivity contribution is 0.171. The minimum Gasteiger partial charge on any atom is -0.496 e. The number of carbonyl (C=O) groups is 1. The molecule has 6 nitrogen and oxygen atoms in total. The Labute approximate surface area is 206 Å². The Hall–Kier alpha value is -3.93. The van der Waals surface area contributed by atoms with Crippen molar-refractivity contribution in [2.45, 2.75) is 32.4 Å². The summed E-state index contributed by atoms with van der Waals surface area (Å²) in [4.78, 5) is 13.6. The minimum absolute atomic E-state index is 0.160. The average Bonchev–Trinajstić information content (AvgIpc) is 2.81. The zero-order valence-corrected chi connectivity index (χ0v) is 20.9. The second kappa shape index (κ2) is 8.38. The second-order valence-electron chi connectivity index (χ2n) is 9.79. The topological polar surface area (TPSA) is 60.0 Å². The smallest absolute Gasteiger partial charge is 0.414 e. The molecule has 0 spiro atoms. The first-order valence-corrected chi connectivity index (χ1v) is 11.7. The summed E-state index contributed by atoms with van der Waals surface area (Å²) in [6, 6.07) is 17.7. The van der Waals surface area contributed by atoms with Gasteiger partial charge in [-0.15, -0.1) is 0 Å². The molecule has 2 aliphatic heterocycles. The van der Waals surface area contributed by atoms with Gasteiger partial charge in [0.1, 0.15) is 17.2 Å². The van der Waals surface area contributed by atoms with E-state index in [-0.39, 0.29) is 5.54 Å².